The second-order valence-electron chi connectivity index (χ2n) is 6.36. The van der Waals surface area contributed by atoms with Crippen LogP contribution in [0.5, 0.6) is 0 Å². The van der Waals surface area contributed by atoms with Crippen molar-refractivity contribution < 1.29 is 4.79 Å². The van der Waals surface area contributed by atoms with Crippen molar-refractivity contribution in [3.05, 3.63) is 41.1 Å². The molecule has 0 unspecified atom stereocenters. The van der Waals surface area contributed by atoms with Gasteiger partial charge in [0.05, 0.1) is 11.1 Å². The van der Waals surface area contributed by atoms with Gasteiger partial charge in [0.15, 0.2) is 5.65 Å². The topological polar surface area (TPSA) is 75.6 Å². The first-order valence-corrected chi connectivity index (χ1v) is 7.79. The number of rotatable bonds is 3. The van der Waals surface area contributed by atoms with Crippen molar-refractivity contribution in [1.82, 2.24) is 20.0 Å². The number of hydrogen-bond acceptors (Lipinski definition) is 3. The van der Waals surface area contributed by atoms with E-state index in [1.807, 2.05) is 14.0 Å². The van der Waals surface area contributed by atoms with E-state index in [0.29, 0.717) is 11.7 Å². The number of nitrogens with one attached hydrogen (secondary N) is 2. The number of hydrogen-bond donors (Lipinski definition) is 2. The van der Waals surface area contributed by atoms with Gasteiger partial charge >= 0.3 is 0 Å². The molecule has 0 saturated heterocycles. The predicted molar refractivity (Wildman–Crippen MR) is 88.3 cm³/mol. The molecule has 1 aromatic carbocycles. The summed E-state index contributed by atoms with van der Waals surface area (Å²) in [6.07, 6.45) is 0.901. The molecule has 1 fully saturated rings. The van der Waals surface area contributed by atoms with Crippen LogP contribution in [-0.4, -0.2) is 25.9 Å². The van der Waals surface area contributed by atoms with Crippen LogP contribution in [0.3, 0.4) is 0 Å². The van der Waals surface area contributed by atoms with E-state index in [1.54, 1.807) is 4.68 Å². The number of benzene rings is 1. The van der Waals surface area contributed by atoms with Crippen LogP contribution in [0, 0.1) is 19.8 Å². The molecular formula is C17H19N5O. The van der Waals surface area contributed by atoms with Crippen LogP contribution in [0.25, 0.3) is 11.0 Å². The lowest BCUT2D eigenvalue weighted by molar-refractivity contribution is -0.117. The van der Waals surface area contributed by atoms with Gasteiger partial charge in [-0.05, 0) is 31.7 Å². The summed E-state index contributed by atoms with van der Waals surface area (Å²) >= 11 is 0. The number of carbonyl (C=O) groups excluding carboxylic acids is 1. The largest absolute Gasteiger partial charge is 0.310 e. The van der Waals surface area contributed by atoms with Crippen molar-refractivity contribution >= 4 is 22.8 Å². The summed E-state index contributed by atoms with van der Waals surface area (Å²) in [6, 6.07) is 8.39. The minimum Gasteiger partial charge on any atom is -0.310 e. The van der Waals surface area contributed by atoms with Crippen molar-refractivity contribution in [3.63, 3.8) is 0 Å². The number of nitrogens with zero attached hydrogens (tertiary/aromatic N) is 3. The third-order valence-corrected chi connectivity index (χ3v) is 4.56. The minimum atomic E-state index is 0.0344. The van der Waals surface area contributed by atoms with Gasteiger partial charge in [-0.25, -0.2) is 4.68 Å². The van der Waals surface area contributed by atoms with E-state index in [4.69, 9.17) is 0 Å². The normalized spacial score (nSPS) is 20.0. The summed E-state index contributed by atoms with van der Waals surface area (Å²) in [5.74, 6) is 1.05. The number of aromatic nitrogens is 4. The van der Waals surface area contributed by atoms with Crippen LogP contribution in [0.2, 0.25) is 0 Å². The molecule has 0 aliphatic heterocycles. The summed E-state index contributed by atoms with van der Waals surface area (Å²) in [5, 5.41) is 15.3. The minimum absolute atomic E-state index is 0.0344. The van der Waals surface area contributed by atoms with Crippen molar-refractivity contribution in [2.75, 3.05) is 5.32 Å². The standard InChI is InChI=1S/C17H19N5O/c1-9-5-4-6-11(7-9)12-8-13(12)17(23)18-15-14-10(2)21-22(3)16(14)20-19-15/h4-7,12-13H,8H2,1-3H3,(H2,18,19,20,23)/t12-,13+/m1/s1. The van der Waals surface area contributed by atoms with Gasteiger partial charge in [0.25, 0.3) is 0 Å². The first-order valence-electron chi connectivity index (χ1n) is 7.79. The van der Waals surface area contributed by atoms with Crippen molar-refractivity contribution in [1.29, 1.82) is 0 Å². The lowest BCUT2D eigenvalue weighted by Gasteiger charge is -2.04. The molecule has 118 valence electrons. The summed E-state index contributed by atoms with van der Waals surface area (Å²) in [6.45, 7) is 3.99. The highest BCUT2D eigenvalue weighted by Crippen LogP contribution is 2.48. The quantitative estimate of drug-likeness (QED) is 0.781. The molecule has 2 aromatic heterocycles. The Kier molecular flexibility index (Phi) is 3.01. The Morgan fingerprint density at radius 2 is 2.22 bits per heavy atom. The zero-order chi connectivity index (χ0) is 16.1. The Balaban J connectivity index is 1.52. The van der Waals surface area contributed by atoms with E-state index < -0.39 is 0 Å². The van der Waals surface area contributed by atoms with E-state index in [2.05, 4.69) is 51.8 Å². The predicted octanol–water partition coefficient (Wildman–Crippen LogP) is 2.66. The SMILES string of the molecule is Cc1cccc([C@H]2C[C@@H]2C(=O)Nc2[nH]nc3c2c(C)nn3C)c1. The first-order chi connectivity index (χ1) is 11.0. The van der Waals surface area contributed by atoms with Crippen molar-refractivity contribution in [3.8, 4) is 0 Å². The van der Waals surface area contributed by atoms with E-state index in [9.17, 15) is 4.79 Å². The van der Waals surface area contributed by atoms with Crippen LogP contribution < -0.4 is 5.32 Å². The molecular weight excluding hydrogens is 290 g/mol. The van der Waals surface area contributed by atoms with E-state index in [1.165, 1.54) is 11.1 Å². The van der Waals surface area contributed by atoms with Gasteiger partial charge in [-0.1, -0.05) is 29.8 Å². The Labute approximate surface area is 133 Å². The molecule has 23 heavy (non-hydrogen) atoms. The third-order valence-electron chi connectivity index (χ3n) is 4.56. The molecule has 0 spiro atoms. The van der Waals surface area contributed by atoms with Crippen LogP contribution in [-0.2, 0) is 11.8 Å². The van der Waals surface area contributed by atoms with Gasteiger partial charge < -0.3 is 5.32 Å². The van der Waals surface area contributed by atoms with Crippen LogP contribution in [0.15, 0.2) is 24.3 Å². The van der Waals surface area contributed by atoms with Crippen LogP contribution in [0.4, 0.5) is 5.82 Å². The number of aryl methyl sites for hydroxylation is 3. The summed E-state index contributed by atoms with van der Waals surface area (Å²) in [4.78, 5) is 12.5. The smallest absolute Gasteiger partial charge is 0.229 e. The van der Waals surface area contributed by atoms with Gasteiger partial charge in [-0.15, -0.1) is 0 Å². The van der Waals surface area contributed by atoms with Gasteiger partial charge in [0.1, 0.15) is 5.82 Å². The average molecular weight is 309 g/mol. The van der Waals surface area contributed by atoms with Crippen LogP contribution in [0.1, 0.15) is 29.2 Å². The highest BCUT2D eigenvalue weighted by atomic mass is 16.2. The molecule has 0 bridgehead atoms. The molecule has 2 N–H and O–H groups in total. The Hall–Kier alpha value is -2.63. The maximum Gasteiger partial charge on any atom is 0.229 e. The monoisotopic (exact) mass is 309 g/mol. The second kappa shape index (κ2) is 4.94. The molecule has 6 nitrogen and oxygen atoms in total. The molecule has 2 atom stereocenters. The highest BCUT2D eigenvalue weighted by molar-refractivity contribution is 6.02. The summed E-state index contributed by atoms with van der Waals surface area (Å²) in [7, 11) is 1.84. The van der Waals surface area contributed by atoms with Gasteiger partial charge in [0, 0.05) is 13.0 Å². The Morgan fingerprint density at radius 3 is 3.00 bits per heavy atom. The molecule has 2 heterocycles. The summed E-state index contributed by atoms with van der Waals surface area (Å²) in [5.41, 5.74) is 4.09. The maximum absolute atomic E-state index is 12.5. The fourth-order valence-electron chi connectivity index (χ4n) is 3.29. The van der Waals surface area contributed by atoms with Gasteiger partial charge in [0.2, 0.25) is 5.91 Å². The second-order valence-corrected chi connectivity index (χ2v) is 6.36. The van der Waals surface area contributed by atoms with E-state index in [0.717, 1.165) is 23.1 Å². The fourth-order valence-corrected chi connectivity index (χ4v) is 3.29. The lowest BCUT2D eigenvalue weighted by atomic mass is 10.1. The number of H-pyrrole nitrogens is 1. The molecule has 1 aliphatic rings. The van der Waals surface area contributed by atoms with Crippen molar-refractivity contribution in [2.45, 2.75) is 26.2 Å². The van der Waals surface area contributed by atoms with E-state index in [-0.39, 0.29) is 11.8 Å². The fraction of sp³-hybridized carbons (Fsp3) is 0.353. The molecule has 3 aromatic rings. The first kappa shape index (κ1) is 14.0. The third kappa shape index (κ3) is 2.30. The summed E-state index contributed by atoms with van der Waals surface area (Å²) < 4.78 is 1.71. The molecule has 1 saturated carbocycles. The Bertz CT molecular complexity index is 907. The molecule has 0 radical (unpaired) electrons. The number of fused-ring (bicyclic) bond motifs is 1. The van der Waals surface area contributed by atoms with Crippen molar-refractivity contribution in [2.24, 2.45) is 13.0 Å². The Morgan fingerprint density at radius 1 is 1.39 bits per heavy atom. The van der Waals surface area contributed by atoms with Crippen LogP contribution >= 0.6 is 0 Å². The zero-order valence-electron chi connectivity index (χ0n) is 13.4. The van der Waals surface area contributed by atoms with Gasteiger partial charge in [-0.3, -0.25) is 9.89 Å². The highest BCUT2D eigenvalue weighted by Gasteiger charge is 2.44. The number of aromatic amines is 1. The van der Waals surface area contributed by atoms with E-state index >= 15 is 0 Å². The molecule has 6 heteroatoms. The maximum atomic E-state index is 12.5. The lowest BCUT2D eigenvalue weighted by Crippen LogP contribution is -2.15. The molecule has 4 rings (SSSR count). The number of carbonyl (C=O) groups is 1. The van der Waals surface area contributed by atoms with Gasteiger partial charge in [-0.2, -0.15) is 10.2 Å². The number of amides is 1. The zero-order valence-corrected chi connectivity index (χ0v) is 13.4. The number of anilines is 1. The average Bonchev–Trinajstić information content (AvgIpc) is 3.13. The molecule has 1 aliphatic carbocycles. The molecule has 1 amide bonds.